The molecule has 0 saturated carbocycles. The van der Waals surface area contributed by atoms with Crippen molar-refractivity contribution in [2.75, 3.05) is 11.9 Å². The molecule has 1 fully saturated rings. The molecule has 1 aliphatic heterocycles. The van der Waals surface area contributed by atoms with Gasteiger partial charge in [-0.05, 0) is 37.3 Å². The lowest BCUT2D eigenvalue weighted by Gasteiger charge is -2.37. The second-order valence-electron chi connectivity index (χ2n) is 5.34. The lowest BCUT2D eigenvalue weighted by molar-refractivity contribution is -0.145. The Hall–Kier alpha value is -2.04. The summed E-state index contributed by atoms with van der Waals surface area (Å²) in [5.74, 6) is -0.957. The first-order chi connectivity index (χ1) is 9.50. The number of hydrogen-bond acceptors (Lipinski definition) is 2. The van der Waals surface area contributed by atoms with E-state index in [9.17, 15) is 14.7 Å². The first-order valence-electron chi connectivity index (χ1n) is 6.86. The minimum atomic E-state index is -0.933. The molecule has 1 aromatic carbocycles. The molecule has 5 heteroatoms. The number of likely N-dealkylation sites (tertiary alicyclic amines) is 1. The molecule has 0 radical (unpaired) electrons. The maximum Gasteiger partial charge on any atom is 0.326 e. The number of hydrogen-bond donors (Lipinski definition) is 2. The van der Waals surface area contributed by atoms with Crippen molar-refractivity contribution in [3.8, 4) is 0 Å². The van der Waals surface area contributed by atoms with E-state index in [-0.39, 0.29) is 11.9 Å². The molecule has 0 spiro atoms. The van der Waals surface area contributed by atoms with Gasteiger partial charge in [-0.1, -0.05) is 25.1 Å². The van der Waals surface area contributed by atoms with Gasteiger partial charge in [0.15, 0.2) is 0 Å². The second kappa shape index (κ2) is 5.94. The monoisotopic (exact) mass is 276 g/mol. The third-order valence-corrected chi connectivity index (χ3v) is 3.83. The van der Waals surface area contributed by atoms with Gasteiger partial charge in [0.2, 0.25) is 0 Å². The number of aryl methyl sites for hydroxylation is 1. The Labute approximate surface area is 118 Å². The molecule has 0 aliphatic carbocycles. The molecule has 108 valence electrons. The van der Waals surface area contributed by atoms with Gasteiger partial charge >= 0.3 is 12.0 Å². The Morgan fingerprint density at radius 3 is 2.70 bits per heavy atom. The SMILES string of the molecule is Cc1ccccc1NC(=O)N1CCCC(C)C1C(=O)O. The number of carbonyl (C=O) groups excluding carboxylic acids is 1. The van der Waals surface area contributed by atoms with Gasteiger partial charge in [-0.2, -0.15) is 0 Å². The van der Waals surface area contributed by atoms with Crippen molar-refractivity contribution in [1.82, 2.24) is 4.90 Å². The van der Waals surface area contributed by atoms with E-state index in [0.717, 1.165) is 24.1 Å². The number of rotatable bonds is 2. The minimum absolute atomic E-state index is 0.0242. The van der Waals surface area contributed by atoms with E-state index in [1.807, 2.05) is 38.1 Å². The molecule has 1 heterocycles. The number of para-hydroxylation sites is 1. The van der Waals surface area contributed by atoms with Crippen LogP contribution >= 0.6 is 0 Å². The Kier molecular flexibility index (Phi) is 4.27. The van der Waals surface area contributed by atoms with Crippen molar-refractivity contribution in [3.05, 3.63) is 29.8 Å². The zero-order valence-corrected chi connectivity index (χ0v) is 11.8. The average Bonchev–Trinajstić information content (AvgIpc) is 2.40. The van der Waals surface area contributed by atoms with Gasteiger partial charge in [-0.3, -0.25) is 0 Å². The molecule has 1 aromatic rings. The van der Waals surface area contributed by atoms with Crippen molar-refractivity contribution in [1.29, 1.82) is 0 Å². The summed E-state index contributed by atoms with van der Waals surface area (Å²) in [6, 6.07) is 6.38. The smallest absolute Gasteiger partial charge is 0.326 e. The highest BCUT2D eigenvalue weighted by Crippen LogP contribution is 2.24. The number of carboxylic acids is 1. The highest BCUT2D eigenvalue weighted by Gasteiger charge is 2.37. The van der Waals surface area contributed by atoms with Crippen LogP contribution in [0.4, 0.5) is 10.5 Å². The van der Waals surface area contributed by atoms with E-state index >= 15 is 0 Å². The van der Waals surface area contributed by atoms with Gasteiger partial charge in [0.25, 0.3) is 0 Å². The summed E-state index contributed by atoms with van der Waals surface area (Å²) < 4.78 is 0. The second-order valence-corrected chi connectivity index (χ2v) is 5.34. The molecule has 1 aliphatic rings. The Bertz CT molecular complexity index is 516. The van der Waals surface area contributed by atoms with Gasteiger partial charge < -0.3 is 15.3 Å². The van der Waals surface area contributed by atoms with Crippen LogP contribution in [0.1, 0.15) is 25.3 Å². The van der Waals surface area contributed by atoms with Crippen LogP contribution in [0.2, 0.25) is 0 Å². The van der Waals surface area contributed by atoms with Crippen molar-refractivity contribution >= 4 is 17.7 Å². The molecule has 5 nitrogen and oxygen atoms in total. The number of anilines is 1. The molecule has 2 N–H and O–H groups in total. The number of nitrogens with zero attached hydrogens (tertiary/aromatic N) is 1. The predicted molar refractivity (Wildman–Crippen MR) is 76.7 cm³/mol. The van der Waals surface area contributed by atoms with Gasteiger partial charge in [-0.25, -0.2) is 9.59 Å². The van der Waals surface area contributed by atoms with Crippen LogP contribution in [0.5, 0.6) is 0 Å². The lowest BCUT2D eigenvalue weighted by Crippen LogP contribution is -2.53. The lowest BCUT2D eigenvalue weighted by atomic mass is 9.91. The summed E-state index contributed by atoms with van der Waals surface area (Å²) in [5.41, 5.74) is 1.68. The van der Waals surface area contributed by atoms with Crippen LogP contribution in [0.15, 0.2) is 24.3 Å². The highest BCUT2D eigenvalue weighted by atomic mass is 16.4. The van der Waals surface area contributed by atoms with Crippen molar-refractivity contribution in [2.45, 2.75) is 32.7 Å². The van der Waals surface area contributed by atoms with Gasteiger partial charge in [0.1, 0.15) is 6.04 Å². The molecular weight excluding hydrogens is 256 g/mol. The van der Waals surface area contributed by atoms with Crippen LogP contribution in [0.3, 0.4) is 0 Å². The van der Waals surface area contributed by atoms with Crippen LogP contribution in [-0.2, 0) is 4.79 Å². The quantitative estimate of drug-likeness (QED) is 0.872. The number of urea groups is 1. The number of benzene rings is 1. The summed E-state index contributed by atoms with van der Waals surface area (Å²) in [7, 11) is 0. The summed E-state index contributed by atoms with van der Waals surface area (Å²) in [6.07, 6.45) is 1.68. The Morgan fingerprint density at radius 1 is 1.35 bits per heavy atom. The summed E-state index contributed by atoms with van der Waals surface area (Å²) in [5, 5.41) is 12.1. The van der Waals surface area contributed by atoms with E-state index < -0.39 is 12.0 Å². The molecule has 1 saturated heterocycles. The van der Waals surface area contributed by atoms with Crippen LogP contribution in [0.25, 0.3) is 0 Å². The first-order valence-corrected chi connectivity index (χ1v) is 6.86. The fraction of sp³-hybridized carbons (Fsp3) is 0.467. The number of carbonyl (C=O) groups is 2. The number of aliphatic carboxylic acids is 1. The van der Waals surface area contributed by atoms with Crippen LogP contribution in [-0.4, -0.2) is 34.6 Å². The number of nitrogens with one attached hydrogen (secondary N) is 1. The van der Waals surface area contributed by atoms with E-state index in [0.29, 0.717) is 6.54 Å². The fourth-order valence-corrected chi connectivity index (χ4v) is 2.69. The van der Waals surface area contributed by atoms with E-state index in [2.05, 4.69) is 5.32 Å². The molecule has 0 aromatic heterocycles. The third-order valence-electron chi connectivity index (χ3n) is 3.83. The average molecular weight is 276 g/mol. The largest absolute Gasteiger partial charge is 0.480 e. The maximum absolute atomic E-state index is 12.3. The zero-order valence-electron chi connectivity index (χ0n) is 11.8. The van der Waals surface area contributed by atoms with E-state index in [4.69, 9.17) is 0 Å². The van der Waals surface area contributed by atoms with Gasteiger partial charge in [0, 0.05) is 12.2 Å². The molecule has 0 bridgehead atoms. The zero-order chi connectivity index (χ0) is 14.7. The third kappa shape index (κ3) is 2.92. The number of carboxylic acid groups (broad SMARTS) is 1. The van der Waals surface area contributed by atoms with Crippen LogP contribution in [0, 0.1) is 12.8 Å². The molecule has 2 atom stereocenters. The molecule has 20 heavy (non-hydrogen) atoms. The molecular formula is C15H20N2O3. The predicted octanol–water partition coefficient (Wildman–Crippen LogP) is 2.71. The topological polar surface area (TPSA) is 69.6 Å². The van der Waals surface area contributed by atoms with E-state index in [1.54, 1.807) is 0 Å². The number of piperidine rings is 1. The molecule has 2 unspecified atom stereocenters. The van der Waals surface area contributed by atoms with Crippen molar-refractivity contribution < 1.29 is 14.7 Å². The maximum atomic E-state index is 12.3. The summed E-state index contributed by atoms with van der Waals surface area (Å²) in [6.45, 7) is 4.27. The number of amides is 2. The van der Waals surface area contributed by atoms with Crippen LogP contribution < -0.4 is 5.32 Å². The van der Waals surface area contributed by atoms with E-state index in [1.165, 1.54) is 4.90 Å². The summed E-state index contributed by atoms with van der Waals surface area (Å²) >= 11 is 0. The normalized spacial score (nSPS) is 22.4. The summed E-state index contributed by atoms with van der Waals surface area (Å²) in [4.78, 5) is 25.1. The molecule has 2 amide bonds. The Morgan fingerprint density at radius 2 is 2.05 bits per heavy atom. The van der Waals surface area contributed by atoms with Crippen molar-refractivity contribution in [2.24, 2.45) is 5.92 Å². The fourth-order valence-electron chi connectivity index (χ4n) is 2.69. The highest BCUT2D eigenvalue weighted by molar-refractivity contribution is 5.93. The van der Waals surface area contributed by atoms with Gasteiger partial charge in [-0.15, -0.1) is 0 Å². The van der Waals surface area contributed by atoms with Crippen molar-refractivity contribution in [3.63, 3.8) is 0 Å². The Balaban J connectivity index is 2.15. The molecule has 2 rings (SSSR count). The first kappa shape index (κ1) is 14.4. The van der Waals surface area contributed by atoms with Gasteiger partial charge in [0.05, 0.1) is 0 Å². The standard InChI is InChI=1S/C15H20N2O3/c1-10-6-3-4-8-12(10)16-15(20)17-9-5-7-11(2)13(17)14(18)19/h3-4,6,8,11,13H,5,7,9H2,1-2H3,(H,16,20)(H,18,19). The minimum Gasteiger partial charge on any atom is -0.480 e.